The first-order chi connectivity index (χ1) is 11.2. The molecule has 0 fully saturated rings. The van der Waals surface area contributed by atoms with Gasteiger partial charge in [0.1, 0.15) is 5.52 Å². The lowest BCUT2D eigenvalue weighted by molar-refractivity contribution is -0.116. The first kappa shape index (κ1) is 15.7. The van der Waals surface area contributed by atoms with Crippen molar-refractivity contribution in [1.82, 2.24) is 4.98 Å². The van der Waals surface area contributed by atoms with Crippen molar-refractivity contribution >= 4 is 38.6 Å². The van der Waals surface area contributed by atoms with Gasteiger partial charge in [-0.2, -0.15) is 0 Å². The van der Waals surface area contributed by atoms with Gasteiger partial charge >= 0.3 is 0 Å². The molecule has 0 aliphatic heterocycles. The zero-order valence-corrected chi connectivity index (χ0v) is 14.4. The fourth-order valence-corrected chi connectivity index (χ4v) is 2.77. The maximum atomic E-state index is 11.8. The van der Waals surface area contributed by atoms with E-state index in [1.807, 2.05) is 42.5 Å². The number of rotatable bonds is 5. The Morgan fingerprint density at radius 1 is 1.26 bits per heavy atom. The van der Waals surface area contributed by atoms with Crippen LogP contribution < -0.4 is 5.32 Å². The number of hydrogen-bond donors (Lipinski definition) is 1. The number of nitrogens with zero attached hydrogens (tertiary/aromatic N) is 1. The smallest absolute Gasteiger partial charge is 0.228 e. The summed E-state index contributed by atoms with van der Waals surface area (Å²) >= 11 is 3.50. The quantitative estimate of drug-likeness (QED) is 0.653. The minimum atomic E-state index is 0.0284. The first-order valence-corrected chi connectivity index (χ1v) is 8.42. The summed E-state index contributed by atoms with van der Waals surface area (Å²) in [6.07, 6.45) is 2.44. The molecule has 0 bridgehead atoms. The Labute approximate surface area is 143 Å². The SMILES string of the molecule is CCCCC(=O)Nc1ccc2oc(-c3ccccc3Br)nc2c1. The molecule has 1 N–H and O–H groups in total. The van der Waals surface area contributed by atoms with Crippen molar-refractivity contribution in [1.29, 1.82) is 0 Å². The third kappa shape index (κ3) is 3.62. The van der Waals surface area contributed by atoms with E-state index >= 15 is 0 Å². The van der Waals surface area contributed by atoms with Gasteiger partial charge in [-0.05, 0) is 52.7 Å². The highest BCUT2D eigenvalue weighted by molar-refractivity contribution is 9.10. The van der Waals surface area contributed by atoms with Crippen LogP contribution in [0.15, 0.2) is 51.4 Å². The van der Waals surface area contributed by atoms with E-state index < -0.39 is 0 Å². The Hall–Kier alpha value is -2.14. The summed E-state index contributed by atoms with van der Waals surface area (Å²) in [6, 6.07) is 13.3. The van der Waals surface area contributed by atoms with Crippen molar-refractivity contribution < 1.29 is 9.21 Å². The molecule has 3 aromatic rings. The molecule has 1 amide bonds. The predicted octanol–water partition coefficient (Wildman–Crippen LogP) is 5.39. The molecule has 0 spiro atoms. The highest BCUT2D eigenvalue weighted by atomic mass is 79.9. The molecule has 0 atom stereocenters. The number of benzene rings is 2. The molecule has 5 heteroatoms. The van der Waals surface area contributed by atoms with E-state index in [0.29, 0.717) is 17.9 Å². The van der Waals surface area contributed by atoms with Gasteiger partial charge in [0.15, 0.2) is 5.58 Å². The van der Waals surface area contributed by atoms with Crippen LogP contribution in [0.5, 0.6) is 0 Å². The number of amides is 1. The van der Waals surface area contributed by atoms with E-state index in [1.165, 1.54) is 0 Å². The average Bonchev–Trinajstić information content (AvgIpc) is 2.96. The molecule has 118 valence electrons. The molecule has 3 rings (SSSR count). The minimum absolute atomic E-state index is 0.0284. The van der Waals surface area contributed by atoms with Crippen molar-refractivity contribution in [3.8, 4) is 11.5 Å². The minimum Gasteiger partial charge on any atom is -0.436 e. The molecule has 0 aliphatic rings. The standard InChI is InChI=1S/C18H17BrN2O2/c1-2-3-8-17(22)20-12-9-10-16-15(11-12)21-18(23-16)13-6-4-5-7-14(13)19/h4-7,9-11H,2-3,8H2,1H3,(H,20,22). The van der Waals surface area contributed by atoms with Crippen LogP contribution in [0.4, 0.5) is 5.69 Å². The first-order valence-electron chi connectivity index (χ1n) is 7.62. The number of hydrogen-bond acceptors (Lipinski definition) is 3. The summed E-state index contributed by atoms with van der Waals surface area (Å²) in [5, 5.41) is 2.90. The lowest BCUT2D eigenvalue weighted by Crippen LogP contribution is -2.10. The zero-order valence-electron chi connectivity index (χ0n) is 12.8. The summed E-state index contributed by atoms with van der Waals surface area (Å²) in [5.41, 5.74) is 3.06. The van der Waals surface area contributed by atoms with Gasteiger partial charge in [-0.15, -0.1) is 0 Å². The maximum Gasteiger partial charge on any atom is 0.228 e. The summed E-state index contributed by atoms with van der Waals surface area (Å²) < 4.78 is 6.74. The van der Waals surface area contributed by atoms with Crippen LogP contribution in [0.2, 0.25) is 0 Å². The predicted molar refractivity (Wildman–Crippen MR) is 95.3 cm³/mol. The molecule has 2 aromatic carbocycles. The maximum absolute atomic E-state index is 11.8. The molecule has 0 saturated carbocycles. The normalized spacial score (nSPS) is 10.9. The molecule has 0 saturated heterocycles. The van der Waals surface area contributed by atoms with Crippen LogP contribution in [0.3, 0.4) is 0 Å². The topological polar surface area (TPSA) is 55.1 Å². The third-order valence-corrected chi connectivity index (χ3v) is 4.22. The van der Waals surface area contributed by atoms with Gasteiger partial charge in [-0.3, -0.25) is 4.79 Å². The number of carbonyl (C=O) groups excluding carboxylic acids is 1. The van der Waals surface area contributed by atoms with Gasteiger partial charge in [-0.25, -0.2) is 4.98 Å². The van der Waals surface area contributed by atoms with Gasteiger partial charge in [0, 0.05) is 16.6 Å². The molecule has 1 heterocycles. The van der Waals surface area contributed by atoms with E-state index in [2.05, 4.69) is 33.2 Å². The van der Waals surface area contributed by atoms with E-state index in [1.54, 1.807) is 0 Å². The molecular weight excluding hydrogens is 356 g/mol. The lowest BCUT2D eigenvalue weighted by Gasteiger charge is -2.03. The van der Waals surface area contributed by atoms with Gasteiger partial charge in [0.2, 0.25) is 11.8 Å². The number of carbonyl (C=O) groups is 1. The molecular formula is C18H17BrN2O2. The summed E-state index contributed by atoms with van der Waals surface area (Å²) in [6.45, 7) is 2.07. The number of unbranched alkanes of at least 4 members (excludes halogenated alkanes) is 1. The highest BCUT2D eigenvalue weighted by Gasteiger charge is 2.11. The number of nitrogens with one attached hydrogen (secondary N) is 1. The van der Waals surface area contributed by atoms with Crippen LogP contribution >= 0.6 is 15.9 Å². The van der Waals surface area contributed by atoms with Crippen molar-refractivity contribution in [2.45, 2.75) is 26.2 Å². The second-order valence-corrected chi connectivity index (χ2v) is 6.19. The Morgan fingerprint density at radius 3 is 2.87 bits per heavy atom. The van der Waals surface area contributed by atoms with E-state index in [-0.39, 0.29) is 5.91 Å². The monoisotopic (exact) mass is 372 g/mol. The Morgan fingerprint density at radius 2 is 2.09 bits per heavy atom. The summed E-state index contributed by atoms with van der Waals surface area (Å²) in [4.78, 5) is 16.3. The second kappa shape index (κ2) is 6.96. The van der Waals surface area contributed by atoms with Crippen molar-refractivity contribution in [3.63, 3.8) is 0 Å². The van der Waals surface area contributed by atoms with Crippen molar-refractivity contribution in [2.24, 2.45) is 0 Å². The van der Waals surface area contributed by atoms with E-state index in [9.17, 15) is 4.79 Å². The molecule has 0 aliphatic carbocycles. The second-order valence-electron chi connectivity index (χ2n) is 5.33. The van der Waals surface area contributed by atoms with Crippen LogP contribution in [-0.4, -0.2) is 10.9 Å². The lowest BCUT2D eigenvalue weighted by atomic mass is 10.2. The highest BCUT2D eigenvalue weighted by Crippen LogP contribution is 2.30. The van der Waals surface area contributed by atoms with E-state index in [0.717, 1.165) is 34.1 Å². The van der Waals surface area contributed by atoms with Gasteiger partial charge in [-0.1, -0.05) is 25.5 Å². The van der Waals surface area contributed by atoms with Gasteiger partial charge < -0.3 is 9.73 Å². The fraction of sp³-hybridized carbons (Fsp3) is 0.222. The van der Waals surface area contributed by atoms with Crippen molar-refractivity contribution in [3.05, 3.63) is 46.9 Å². The number of anilines is 1. The van der Waals surface area contributed by atoms with Crippen LogP contribution in [0.1, 0.15) is 26.2 Å². The number of aromatic nitrogens is 1. The van der Waals surface area contributed by atoms with E-state index in [4.69, 9.17) is 4.42 Å². The third-order valence-electron chi connectivity index (χ3n) is 3.53. The zero-order chi connectivity index (χ0) is 16.2. The number of halogens is 1. The fourth-order valence-electron chi connectivity index (χ4n) is 2.32. The molecule has 4 nitrogen and oxygen atoms in total. The Bertz CT molecular complexity index is 842. The van der Waals surface area contributed by atoms with Crippen molar-refractivity contribution in [2.75, 3.05) is 5.32 Å². The van der Waals surface area contributed by atoms with Crippen LogP contribution in [0.25, 0.3) is 22.6 Å². The average molecular weight is 373 g/mol. The molecule has 1 aromatic heterocycles. The Kier molecular flexibility index (Phi) is 4.76. The number of fused-ring (bicyclic) bond motifs is 1. The van der Waals surface area contributed by atoms with Gasteiger partial charge in [0.05, 0.1) is 5.56 Å². The Balaban J connectivity index is 1.86. The molecule has 0 radical (unpaired) electrons. The summed E-state index contributed by atoms with van der Waals surface area (Å²) in [7, 11) is 0. The summed E-state index contributed by atoms with van der Waals surface area (Å²) in [5.74, 6) is 0.586. The van der Waals surface area contributed by atoms with Crippen LogP contribution in [0, 0.1) is 0 Å². The molecule has 23 heavy (non-hydrogen) atoms. The number of oxazole rings is 1. The van der Waals surface area contributed by atoms with Gasteiger partial charge in [0.25, 0.3) is 0 Å². The largest absolute Gasteiger partial charge is 0.436 e. The molecule has 0 unspecified atom stereocenters. The van der Waals surface area contributed by atoms with Crippen LogP contribution in [-0.2, 0) is 4.79 Å².